The van der Waals surface area contributed by atoms with Crippen LogP contribution < -0.4 is 4.74 Å². The fourth-order valence-electron chi connectivity index (χ4n) is 2.85. The van der Waals surface area contributed by atoms with Crippen LogP contribution in [0.15, 0.2) is 35.9 Å². The van der Waals surface area contributed by atoms with Crippen molar-refractivity contribution in [3.63, 3.8) is 0 Å². The third-order valence-electron chi connectivity index (χ3n) is 4.02. The van der Waals surface area contributed by atoms with E-state index in [9.17, 15) is 9.90 Å². The number of carbonyl (C=O) groups is 1. The smallest absolute Gasteiger partial charge is 0.246 e. The molecule has 0 saturated carbocycles. The van der Waals surface area contributed by atoms with Gasteiger partial charge in [-0.05, 0) is 42.7 Å². The number of amides is 1. The maximum absolute atomic E-state index is 12.2. The van der Waals surface area contributed by atoms with Crippen molar-refractivity contribution in [2.45, 2.75) is 18.9 Å². The Morgan fingerprint density at radius 3 is 3.18 bits per heavy atom. The number of aliphatic hydroxyl groups is 1. The molecule has 3 rings (SSSR count). The molecule has 2 heterocycles. The minimum absolute atomic E-state index is 0.0251. The first kappa shape index (κ1) is 15.1. The number of hydrogen-bond acceptors (Lipinski definition) is 3. The molecule has 0 aromatic heterocycles. The monoisotopic (exact) mass is 319 g/mol. The highest BCUT2D eigenvalue weighted by Crippen LogP contribution is 2.29. The number of rotatable bonds is 3. The van der Waals surface area contributed by atoms with Crippen molar-refractivity contribution in [2.75, 3.05) is 19.8 Å². The number of ether oxygens (including phenoxy) is 1. The second-order valence-corrected chi connectivity index (χ2v) is 5.97. The fourth-order valence-corrected chi connectivity index (χ4v) is 3.03. The minimum Gasteiger partial charge on any atom is -0.488 e. The van der Waals surface area contributed by atoms with Crippen LogP contribution in [0.25, 0.3) is 6.08 Å². The van der Waals surface area contributed by atoms with E-state index in [4.69, 9.17) is 16.3 Å². The van der Waals surface area contributed by atoms with Crippen molar-refractivity contribution in [3.8, 4) is 5.75 Å². The van der Waals surface area contributed by atoms with Crippen molar-refractivity contribution in [1.82, 2.24) is 4.90 Å². The van der Waals surface area contributed by atoms with E-state index < -0.39 is 0 Å². The van der Waals surface area contributed by atoms with Gasteiger partial charge >= 0.3 is 0 Å². The van der Waals surface area contributed by atoms with Gasteiger partial charge in [0.15, 0.2) is 0 Å². The summed E-state index contributed by atoms with van der Waals surface area (Å²) in [6, 6.07) is 5.43. The first-order valence-corrected chi connectivity index (χ1v) is 7.77. The van der Waals surface area contributed by atoms with Gasteiger partial charge in [-0.1, -0.05) is 17.7 Å². The van der Waals surface area contributed by atoms with E-state index in [0.29, 0.717) is 18.2 Å². The predicted molar refractivity (Wildman–Crippen MR) is 85.9 cm³/mol. The zero-order chi connectivity index (χ0) is 15.5. The number of aliphatic hydroxyl groups excluding tert-OH is 1. The number of carbonyl (C=O) groups excluding carboxylic acids is 1. The maximum atomic E-state index is 12.2. The molecule has 0 unspecified atom stereocenters. The van der Waals surface area contributed by atoms with Crippen molar-refractivity contribution in [1.29, 1.82) is 0 Å². The molecule has 1 amide bonds. The Morgan fingerprint density at radius 1 is 1.50 bits per heavy atom. The second-order valence-electron chi connectivity index (χ2n) is 5.53. The van der Waals surface area contributed by atoms with Gasteiger partial charge in [0.2, 0.25) is 5.91 Å². The molecule has 22 heavy (non-hydrogen) atoms. The first-order valence-electron chi connectivity index (χ1n) is 7.40. The molecule has 1 fully saturated rings. The predicted octanol–water partition coefficient (Wildman–Crippen LogP) is 2.66. The molecular formula is C17H18ClNO3. The molecule has 0 aliphatic carbocycles. The summed E-state index contributed by atoms with van der Waals surface area (Å²) in [5.74, 6) is 0.738. The standard InChI is InChI=1S/C17H18ClNO3/c18-14-4-5-16-13(9-14)8-12(11-22-16)3-6-17(21)19-7-1-2-15(19)10-20/h3-6,8-9,15,20H,1-2,7,10-11H2/b6-3+/t15-/m1/s1. The summed E-state index contributed by atoms with van der Waals surface area (Å²) in [6.45, 7) is 1.17. The third kappa shape index (κ3) is 3.18. The van der Waals surface area contributed by atoms with Crippen LogP contribution >= 0.6 is 11.6 Å². The SMILES string of the molecule is O=C(/C=C/C1=Cc2cc(Cl)ccc2OC1)N1CCC[C@@H]1CO. The summed E-state index contributed by atoms with van der Waals surface area (Å²) in [5.41, 5.74) is 1.84. The Bertz CT molecular complexity index is 639. The van der Waals surface area contributed by atoms with Crippen LogP contribution in [-0.4, -0.2) is 41.7 Å². The van der Waals surface area contributed by atoms with Gasteiger partial charge in [0.25, 0.3) is 0 Å². The maximum Gasteiger partial charge on any atom is 0.246 e. The Balaban J connectivity index is 1.72. The van der Waals surface area contributed by atoms with E-state index in [0.717, 1.165) is 29.7 Å². The van der Waals surface area contributed by atoms with Crippen LogP contribution in [0.3, 0.4) is 0 Å². The van der Waals surface area contributed by atoms with Gasteiger partial charge in [-0.2, -0.15) is 0 Å². The second kappa shape index (κ2) is 6.55. The quantitative estimate of drug-likeness (QED) is 0.871. The molecule has 0 radical (unpaired) electrons. The van der Waals surface area contributed by atoms with Gasteiger partial charge in [-0.15, -0.1) is 0 Å². The van der Waals surface area contributed by atoms with Crippen molar-refractivity contribution in [3.05, 3.63) is 46.5 Å². The molecule has 1 saturated heterocycles. The Morgan fingerprint density at radius 2 is 2.36 bits per heavy atom. The van der Waals surface area contributed by atoms with E-state index in [1.54, 1.807) is 23.1 Å². The van der Waals surface area contributed by atoms with E-state index in [2.05, 4.69) is 0 Å². The van der Waals surface area contributed by atoms with Crippen LogP contribution in [0.2, 0.25) is 5.02 Å². The van der Waals surface area contributed by atoms with Crippen LogP contribution in [-0.2, 0) is 4.79 Å². The summed E-state index contributed by atoms with van der Waals surface area (Å²) < 4.78 is 5.65. The summed E-state index contributed by atoms with van der Waals surface area (Å²) in [4.78, 5) is 13.9. The number of benzene rings is 1. The lowest BCUT2D eigenvalue weighted by Crippen LogP contribution is -2.36. The molecule has 2 aliphatic rings. The zero-order valence-electron chi connectivity index (χ0n) is 12.2. The fraction of sp³-hybridized carbons (Fsp3) is 0.353. The number of halogens is 1. The first-order chi connectivity index (χ1) is 10.7. The molecule has 0 spiro atoms. The van der Waals surface area contributed by atoms with Crippen molar-refractivity contribution >= 4 is 23.6 Å². The highest BCUT2D eigenvalue weighted by atomic mass is 35.5. The van der Waals surface area contributed by atoms with E-state index in [1.807, 2.05) is 18.2 Å². The largest absolute Gasteiger partial charge is 0.488 e. The number of hydrogen-bond donors (Lipinski definition) is 1. The topological polar surface area (TPSA) is 49.8 Å². The third-order valence-corrected chi connectivity index (χ3v) is 4.25. The van der Waals surface area contributed by atoms with Crippen LogP contribution in [0.1, 0.15) is 18.4 Å². The molecule has 2 aliphatic heterocycles. The van der Waals surface area contributed by atoms with E-state index >= 15 is 0 Å². The summed E-state index contributed by atoms with van der Waals surface area (Å²) in [5, 5.41) is 9.93. The number of fused-ring (bicyclic) bond motifs is 1. The van der Waals surface area contributed by atoms with E-state index in [1.165, 1.54) is 0 Å². The lowest BCUT2D eigenvalue weighted by Gasteiger charge is -2.21. The highest BCUT2D eigenvalue weighted by molar-refractivity contribution is 6.30. The van der Waals surface area contributed by atoms with Crippen molar-refractivity contribution < 1.29 is 14.6 Å². The number of nitrogens with zero attached hydrogens (tertiary/aromatic N) is 1. The number of likely N-dealkylation sites (tertiary alicyclic amines) is 1. The van der Waals surface area contributed by atoms with Gasteiger partial charge in [0.1, 0.15) is 12.4 Å². The van der Waals surface area contributed by atoms with Gasteiger partial charge in [0, 0.05) is 23.2 Å². The molecule has 1 atom stereocenters. The Kier molecular flexibility index (Phi) is 4.50. The summed E-state index contributed by atoms with van der Waals surface area (Å²) >= 11 is 5.98. The molecule has 4 nitrogen and oxygen atoms in total. The molecule has 116 valence electrons. The van der Waals surface area contributed by atoms with Crippen LogP contribution in [0.5, 0.6) is 5.75 Å². The molecule has 1 N–H and O–H groups in total. The lowest BCUT2D eigenvalue weighted by atomic mass is 10.1. The molecule has 5 heteroatoms. The lowest BCUT2D eigenvalue weighted by molar-refractivity contribution is -0.127. The summed E-state index contributed by atoms with van der Waals surface area (Å²) in [6.07, 6.45) is 7.12. The van der Waals surface area contributed by atoms with Gasteiger partial charge in [-0.25, -0.2) is 0 Å². The highest BCUT2D eigenvalue weighted by Gasteiger charge is 2.26. The van der Waals surface area contributed by atoms with Crippen LogP contribution in [0.4, 0.5) is 0 Å². The molecule has 1 aromatic rings. The molecule has 1 aromatic carbocycles. The van der Waals surface area contributed by atoms with Crippen LogP contribution in [0, 0.1) is 0 Å². The Labute approximate surface area is 134 Å². The molecule has 0 bridgehead atoms. The van der Waals surface area contributed by atoms with E-state index in [-0.39, 0.29) is 18.6 Å². The van der Waals surface area contributed by atoms with Gasteiger partial charge in [-0.3, -0.25) is 4.79 Å². The average molecular weight is 320 g/mol. The average Bonchev–Trinajstić information content (AvgIpc) is 3.00. The van der Waals surface area contributed by atoms with Gasteiger partial charge in [0.05, 0.1) is 12.6 Å². The Hall–Kier alpha value is -1.78. The van der Waals surface area contributed by atoms with Gasteiger partial charge < -0.3 is 14.7 Å². The normalized spacial score (nSPS) is 20.7. The molecular weight excluding hydrogens is 302 g/mol. The summed E-state index contributed by atoms with van der Waals surface area (Å²) in [7, 11) is 0. The minimum atomic E-state index is -0.0608. The zero-order valence-corrected chi connectivity index (χ0v) is 12.9. The van der Waals surface area contributed by atoms with Crippen molar-refractivity contribution in [2.24, 2.45) is 0 Å².